The third kappa shape index (κ3) is 2.77. The fraction of sp³-hybridized carbons (Fsp3) is 0.308. The average molecular weight is 287 g/mol. The lowest BCUT2D eigenvalue weighted by atomic mass is 10.1. The molecule has 3 nitrogen and oxygen atoms in total. The molecule has 2 rings (SSSR count). The zero-order valence-electron chi connectivity index (χ0n) is 10.3. The molecule has 1 heterocycles. The van der Waals surface area contributed by atoms with E-state index in [9.17, 15) is 13.9 Å². The number of aliphatic hydroxyl groups is 1. The summed E-state index contributed by atoms with van der Waals surface area (Å²) in [5.41, 5.74) is 0.266. The highest BCUT2D eigenvalue weighted by Gasteiger charge is 2.20. The van der Waals surface area contributed by atoms with Crippen molar-refractivity contribution in [1.82, 2.24) is 9.78 Å². The molecule has 0 amide bonds. The first kappa shape index (κ1) is 14.0. The van der Waals surface area contributed by atoms with Gasteiger partial charge < -0.3 is 5.11 Å². The highest BCUT2D eigenvalue weighted by Crippen LogP contribution is 2.28. The first-order valence-corrected chi connectivity index (χ1v) is 6.26. The molecule has 1 aromatic carbocycles. The second-order valence-corrected chi connectivity index (χ2v) is 4.58. The first-order valence-electron chi connectivity index (χ1n) is 5.88. The topological polar surface area (TPSA) is 38.0 Å². The number of aromatic nitrogens is 2. The quantitative estimate of drug-likeness (QED) is 0.876. The zero-order valence-corrected chi connectivity index (χ0v) is 11.0. The molecule has 1 N–H and O–H groups in total. The summed E-state index contributed by atoms with van der Waals surface area (Å²) in [4.78, 5) is 0. The molecule has 0 aliphatic carbocycles. The molecule has 19 heavy (non-hydrogen) atoms. The van der Waals surface area contributed by atoms with Gasteiger partial charge >= 0.3 is 0 Å². The molecule has 102 valence electrons. The highest BCUT2D eigenvalue weighted by molar-refractivity contribution is 6.30. The van der Waals surface area contributed by atoms with E-state index in [1.165, 1.54) is 6.20 Å². The van der Waals surface area contributed by atoms with E-state index >= 15 is 0 Å². The van der Waals surface area contributed by atoms with E-state index < -0.39 is 17.7 Å². The molecule has 0 radical (unpaired) electrons. The van der Waals surface area contributed by atoms with E-state index in [2.05, 4.69) is 5.10 Å². The minimum atomic E-state index is -1.28. The lowest BCUT2D eigenvalue weighted by molar-refractivity contribution is 0.201. The van der Waals surface area contributed by atoms with Crippen LogP contribution in [0.5, 0.6) is 0 Å². The molecule has 0 spiro atoms. The predicted octanol–water partition coefficient (Wildman–Crippen LogP) is 3.31. The Morgan fingerprint density at radius 3 is 2.79 bits per heavy atom. The summed E-state index contributed by atoms with van der Waals surface area (Å²) in [6.45, 7) is 2.55. The lowest BCUT2D eigenvalue weighted by Crippen LogP contribution is -2.11. The largest absolute Gasteiger partial charge is 0.382 e. The predicted molar refractivity (Wildman–Crippen MR) is 67.9 cm³/mol. The molecule has 1 atom stereocenters. The second-order valence-electron chi connectivity index (χ2n) is 4.17. The fourth-order valence-electron chi connectivity index (χ4n) is 1.88. The molecule has 0 saturated heterocycles. The Bertz CT molecular complexity index is 586. The summed E-state index contributed by atoms with van der Waals surface area (Å²) in [6.07, 6.45) is 1.05. The molecule has 0 bridgehead atoms. The maximum Gasteiger partial charge on any atom is 0.142 e. The van der Waals surface area contributed by atoms with Gasteiger partial charge in [-0.05, 0) is 24.6 Å². The van der Waals surface area contributed by atoms with E-state index in [1.54, 1.807) is 10.7 Å². The second kappa shape index (κ2) is 5.67. The van der Waals surface area contributed by atoms with Gasteiger partial charge in [-0.15, -0.1) is 0 Å². The number of aliphatic hydroxyl groups excluding tert-OH is 1. The van der Waals surface area contributed by atoms with Crippen LogP contribution in [0.3, 0.4) is 0 Å². The molecule has 6 heteroatoms. The third-order valence-electron chi connectivity index (χ3n) is 2.80. The van der Waals surface area contributed by atoms with Crippen LogP contribution in [0.15, 0.2) is 24.4 Å². The van der Waals surface area contributed by atoms with E-state index in [0.717, 1.165) is 18.6 Å². The average Bonchev–Trinajstić information content (AvgIpc) is 2.82. The SMILES string of the molecule is CCCn1nccc1C(O)c1cc(F)c(Cl)cc1F. The monoisotopic (exact) mass is 286 g/mol. The van der Waals surface area contributed by atoms with E-state index in [0.29, 0.717) is 12.2 Å². The van der Waals surface area contributed by atoms with Crippen LogP contribution in [0.1, 0.15) is 30.7 Å². The maximum absolute atomic E-state index is 13.7. The maximum atomic E-state index is 13.7. The van der Waals surface area contributed by atoms with Crippen LogP contribution in [-0.4, -0.2) is 14.9 Å². The molecular weight excluding hydrogens is 274 g/mol. The van der Waals surface area contributed by atoms with Crippen LogP contribution in [0, 0.1) is 11.6 Å². The van der Waals surface area contributed by atoms with Crippen LogP contribution in [0.2, 0.25) is 5.02 Å². The Morgan fingerprint density at radius 1 is 1.37 bits per heavy atom. The number of rotatable bonds is 4. The van der Waals surface area contributed by atoms with Crippen molar-refractivity contribution in [1.29, 1.82) is 0 Å². The summed E-state index contributed by atoms with van der Waals surface area (Å²) < 4.78 is 28.7. The van der Waals surface area contributed by atoms with Crippen molar-refractivity contribution in [2.24, 2.45) is 0 Å². The minimum absolute atomic E-state index is 0.153. The summed E-state index contributed by atoms with van der Waals surface area (Å²) >= 11 is 5.48. The smallest absolute Gasteiger partial charge is 0.142 e. The van der Waals surface area contributed by atoms with Crippen LogP contribution in [-0.2, 0) is 6.54 Å². The third-order valence-corrected chi connectivity index (χ3v) is 3.09. The lowest BCUT2D eigenvalue weighted by Gasteiger charge is -2.14. The van der Waals surface area contributed by atoms with E-state index in [4.69, 9.17) is 11.6 Å². The molecule has 2 aromatic rings. The minimum Gasteiger partial charge on any atom is -0.382 e. The number of halogens is 3. The van der Waals surface area contributed by atoms with Gasteiger partial charge in [0.1, 0.15) is 17.7 Å². The summed E-state index contributed by atoms with van der Waals surface area (Å²) in [7, 11) is 0. The van der Waals surface area contributed by atoms with Gasteiger partial charge in [0.2, 0.25) is 0 Å². The Balaban J connectivity index is 2.41. The first-order chi connectivity index (χ1) is 9.04. The van der Waals surface area contributed by atoms with Gasteiger partial charge in [-0.25, -0.2) is 8.78 Å². The Morgan fingerprint density at radius 2 is 2.11 bits per heavy atom. The van der Waals surface area contributed by atoms with E-state index in [1.807, 2.05) is 6.92 Å². The van der Waals surface area contributed by atoms with Crippen molar-refractivity contribution >= 4 is 11.6 Å². The Kier molecular flexibility index (Phi) is 4.17. The van der Waals surface area contributed by atoms with Gasteiger partial charge in [0.05, 0.1) is 10.7 Å². The molecule has 0 aliphatic heterocycles. The molecule has 0 aliphatic rings. The number of nitrogens with zero attached hydrogens (tertiary/aromatic N) is 2. The van der Waals surface area contributed by atoms with Crippen molar-refractivity contribution in [2.75, 3.05) is 0 Å². The molecule has 0 fully saturated rings. The van der Waals surface area contributed by atoms with Crippen LogP contribution < -0.4 is 0 Å². The van der Waals surface area contributed by atoms with Crippen molar-refractivity contribution in [3.63, 3.8) is 0 Å². The number of benzene rings is 1. The van der Waals surface area contributed by atoms with Gasteiger partial charge in [0, 0.05) is 18.3 Å². The summed E-state index contributed by atoms with van der Waals surface area (Å²) in [6, 6.07) is 3.34. The zero-order chi connectivity index (χ0) is 14.0. The van der Waals surface area contributed by atoms with Crippen molar-refractivity contribution < 1.29 is 13.9 Å². The van der Waals surface area contributed by atoms with Gasteiger partial charge in [-0.1, -0.05) is 18.5 Å². The van der Waals surface area contributed by atoms with Crippen molar-refractivity contribution in [3.8, 4) is 0 Å². The molecule has 1 aromatic heterocycles. The van der Waals surface area contributed by atoms with Gasteiger partial charge in [-0.3, -0.25) is 4.68 Å². The summed E-state index contributed by atoms with van der Waals surface area (Å²) in [5, 5.41) is 13.9. The fourth-order valence-corrected chi connectivity index (χ4v) is 2.03. The van der Waals surface area contributed by atoms with E-state index in [-0.39, 0.29) is 10.6 Å². The Hall–Kier alpha value is -1.46. The van der Waals surface area contributed by atoms with Crippen molar-refractivity contribution in [3.05, 3.63) is 52.3 Å². The van der Waals surface area contributed by atoms with Crippen molar-refractivity contribution in [2.45, 2.75) is 26.0 Å². The van der Waals surface area contributed by atoms with Crippen LogP contribution in [0.25, 0.3) is 0 Å². The van der Waals surface area contributed by atoms with Gasteiger partial charge in [0.15, 0.2) is 0 Å². The molecular formula is C13H13ClF2N2O. The number of hydrogen-bond donors (Lipinski definition) is 1. The van der Waals surface area contributed by atoms with Crippen LogP contribution >= 0.6 is 11.6 Å². The van der Waals surface area contributed by atoms with Gasteiger partial charge in [-0.2, -0.15) is 5.10 Å². The normalized spacial score (nSPS) is 12.7. The molecule has 1 unspecified atom stereocenters. The number of hydrogen-bond acceptors (Lipinski definition) is 2. The van der Waals surface area contributed by atoms with Crippen LogP contribution in [0.4, 0.5) is 8.78 Å². The summed E-state index contributed by atoms with van der Waals surface area (Å²) in [5.74, 6) is -1.51. The Labute approximate surface area is 114 Å². The van der Waals surface area contributed by atoms with Gasteiger partial charge in [0.25, 0.3) is 0 Å². The molecule has 0 saturated carbocycles. The highest BCUT2D eigenvalue weighted by atomic mass is 35.5. The number of aryl methyl sites for hydroxylation is 1. The standard InChI is InChI=1S/C13H13ClF2N2O/c1-2-5-18-12(3-4-17-18)13(19)8-6-11(16)9(14)7-10(8)15/h3-4,6-7,13,19H,2,5H2,1H3.